The molecule has 0 atom stereocenters. The second kappa shape index (κ2) is 7.15. The van der Waals surface area contributed by atoms with Gasteiger partial charge in [0.15, 0.2) is 0 Å². The van der Waals surface area contributed by atoms with E-state index in [0.29, 0.717) is 15.6 Å². The Balaban J connectivity index is 1.69. The minimum atomic E-state index is -0.191. The Labute approximate surface area is 164 Å². The third-order valence-corrected chi connectivity index (χ3v) is 5.53. The number of hydrogen-bond acceptors (Lipinski definition) is 4. The summed E-state index contributed by atoms with van der Waals surface area (Å²) in [5.41, 5.74) is 3.10. The van der Waals surface area contributed by atoms with Gasteiger partial charge >= 0.3 is 0 Å². The number of carbonyl (C=O) groups is 1. The maximum Gasteiger partial charge on any atom is 0.265 e. The van der Waals surface area contributed by atoms with E-state index in [2.05, 4.69) is 10.4 Å². The lowest BCUT2D eigenvalue weighted by atomic mass is 10.2. The zero-order valence-electron chi connectivity index (χ0n) is 14.4. The summed E-state index contributed by atoms with van der Waals surface area (Å²) in [6, 6.07) is 16.5. The molecule has 1 amide bonds. The summed E-state index contributed by atoms with van der Waals surface area (Å²) in [5, 5.41) is 18.3. The van der Waals surface area contributed by atoms with E-state index >= 15 is 0 Å². The van der Waals surface area contributed by atoms with E-state index in [1.165, 1.54) is 11.3 Å². The van der Waals surface area contributed by atoms with E-state index in [1.807, 2.05) is 41.9 Å². The summed E-state index contributed by atoms with van der Waals surface area (Å²) in [5.74, 6) is -0.191. The first-order valence-electron chi connectivity index (χ1n) is 8.31. The molecule has 0 fully saturated rings. The minimum Gasteiger partial charge on any atom is -0.392 e. The first-order chi connectivity index (χ1) is 13.0. The third-order valence-electron chi connectivity index (χ3n) is 4.19. The lowest BCUT2D eigenvalue weighted by Crippen LogP contribution is -2.10. The van der Waals surface area contributed by atoms with Gasteiger partial charge in [0, 0.05) is 16.1 Å². The molecule has 136 valence electrons. The van der Waals surface area contributed by atoms with Gasteiger partial charge in [-0.1, -0.05) is 29.8 Å². The lowest BCUT2D eigenvalue weighted by molar-refractivity contribution is 0.103. The van der Waals surface area contributed by atoms with E-state index in [1.54, 1.807) is 24.3 Å². The number of aryl methyl sites for hydroxylation is 1. The van der Waals surface area contributed by atoms with Crippen molar-refractivity contribution < 1.29 is 9.90 Å². The van der Waals surface area contributed by atoms with Gasteiger partial charge in [0.05, 0.1) is 22.9 Å². The SMILES string of the molecule is Cc1nn(-c2cccc(Cl)c2)c2sc(C(=O)Nc3cccc(CO)c3)cc12. The quantitative estimate of drug-likeness (QED) is 0.520. The Morgan fingerprint density at radius 3 is 2.81 bits per heavy atom. The molecule has 0 aliphatic carbocycles. The maximum atomic E-state index is 12.7. The monoisotopic (exact) mass is 397 g/mol. The number of nitrogens with zero attached hydrogens (tertiary/aromatic N) is 2. The van der Waals surface area contributed by atoms with E-state index in [0.717, 1.165) is 27.2 Å². The molecule has 0 bridgehead atoms. The fraction of sp³-hybridized carbons (Fsp3) is 0.100. The zero-order valence-corrected chi connectivity index (χ0v) is 16.0. The van der Waals surface area contributed by atoms with Gasteiger partial charge < -0.3 is 10.4 Å². The molecule has 2 aromatic heterocycles. The van der Waals surface area contributed by atoms with Gasteiger partial charge in [0.25, 0.3) is 5.91 Å². The van der Waals surface area contributed by atoms with Crippen LogP contribution in [0.4, 0.5) is 5.69 Å². The molecule has 2 aromatic carbocycles. The molecule has 0 aliphatic rings. The predicted molar refractivity (Wildman–Crippen MR) is 109 cm³/mol. The van der Waals surface area contributed by atoms with Crippen LogP contribution in [-0.4, -0.2) is 20.8 Å². The summed E-state index contributed by atoms with van der Waals surface area (Å²) in [6.07, 6.45) is 0. The highest BCUT2D eigenvalue weighted by atomic mass is 35.5. The Morgan fingerprint density at radius 1 is 1.22 bits per heavy atom. The number of carbonyl (C=O) groups excluding carboxylic acids is 1. The second-order valence-corrected chi connectivity index (χ2v) is 7.59. The average Bonchev–Trinajstić information content (AvgIpc) is 3.23. The molecule has 0 saturated carbocycles. The molecule has 27 heavy (non-hydrogen) atoms. The molecule has 7 heteroatoms. The summed E-state index contributed by atoms with van der Waals surface area (Å²) < 4.78 is 1.81. The van der Waals surface area contributed by atoms with Crippen molar-refractivity contribution >= 4 is 44.7 Å². The second-order valence-electron chi connectivity index (χ2n) is 6.12. The van der Waals surface area contributed by atoms with Crippen molar-refractivity contribution in [1.82, 2.24) is 9.78 Å². The Hall–Kier alpha value is -2.67. The van der Waals surface area contributed by atoms with Crippen LogP contribution in [-0.2, 0) is 6.61 Å². The van der Waals surface area contributed by atoms with E-state index in [9.17, 15) is 9.90 Å². The Morgan fingerprint density at radius 2 is 2.04 bits per heavy atom. The number of amides is 1. The van der Waals surface area contributed by atoms with Crippen molar-refractivity contribution in [3.63, 3.8) is 0 Å². The number of rotatable bonds is 4. The summed E-state index contributed by atoms with van der Waals surface area (Å²) >= 11 is 7.48. The molecule has 2 heterocycles. The fourth-order valence-electron chi connectivity index (χ4n) is 2.88. The largest absolute Gasteiger partial charge is 0.392 e. The molecule has 5 nitrogen and oxygen atoms in total. The predicted octanol–water partition coefficient (Wildman–Crippen LogP) is 4.79. The van der Waals surface area contributed by atoms with Crippen molar-refractivity contribution in [1.29, 1.82) is 0 Å². The van der Waals surface area contributed by atoms with Gasteiger partial charge in [0.1, 0.15) is 4.83 Å². The van der Waals surface area contributed by atoms with Crippen molar-refractivity contribution in [2.45, 2.75) is 13.5 Å². The highest BCUT2D eigenvalue weighted by molar-refractivity contribution is 7.20. The van der Waals surface area contributed by atoms with Gasteiger partial charge in [-0.2, -0.15) is 5.10 Å². The number of halogens is 1. The molecular formula is C20H16ClN3O2S. The van der Waals surface area contributed by atoms with Crippen LogP contribution in [0.3, 0.4) is 0 Å². The van der Waals surface area contributed by atoms with Gasteiger partial charge in [-0.05, 0) is 48.9 Å². The molecule has 2 N–H and O–H groups in total. The number of benzene rings is 2. The number of thiophene rings is 1. The summed E-state index contributed by atoms with van der Waals surface area (Å²) in [4.78, 5) is 14.2. The molecule has 4 rings (SSSR count). The number of aliphatic hydroxyl groups is 1. The topological polar surface area (TPSA) is 67.2 Å². The molecule has 0 aliphatic heterocycles. The van der Waals surface area contributed by atoms with E-state index < -0.39 is 0 Å². The van der Waals surface area contributed by atoms with E-state index in [4.69, 9.17) is 11.6 Å². The summed E-state index contributed by atoms with van der Waals surface area (Å²) in [6.45, 7) is 1.85. The van der Waals surface area contributed by atoms with Crippen molar-refractivity contribution in [2.75, 3.05) is 5.32 Å². The van der Waals surface area contributed by atoms with Gasteiger partial charge in [-0.3, -0.25) is 4.79 Å². The molecule has 4 aromatic rings. The fourth-order valence-corrected chi connectivity index (χ4v) is 4.14. The van der Waals surface area contributed by atoms with Gasteiger partial charge in [-0.15, -0.1) is 11.3 Å². The average molecular weight is 398 g/mol. The number of hydrogen-bond donors (Lipinski definition) is 2. The van der Waals surface area contributed by atoms with E-state index in [-0.39, 0.29) is 12.5 Å². The highest BCUT2D eigenvalue weighted by Crippen LogP contribution is 2.31. The number of aromatic nitrogens is 2. The molecule has 0 spiro atoms. The molecule has 0 radical (unpaired) electrons. The van der Waals surface area contributed by atoms with Crippen molar-refractivity contribution in [3.05, 3.63) is 75.8 Å². The third kappa shape index (κ3) is 3.47. The normalized spacial score (nSPS) is 11.1. The number of anilines is 1. The van der Waals surface area contributed by atoms with Crippen LogP contribution in [0.5, 0.6) is 0 Å². The van der Waals surface area contributed by atoms with Crippen LogP contribution < -0.4 is 5.32 Å². The first-order valence-corrected chi connectivity index (χ1v) is 9.51. The van der Waals surface area contributed by atoms with Gasteiger partial charge in [-0.25, -0.2) is 4.68 Å². The standard InChI is InChI=1S/C20H16ClN3O2S/c1-12-17-10-18(19(26)22-15-6-2-4-13(8-15)11-25)27-20(17)24(23-12)16-7-3-5-14(21)9-16/h2-10,25H,11H2,1H3,(H,22,26). The van der Waals surface area contributed by atoms with Crippen LogP contribution in [0.2, 0.25) is 5.02 Å². The zero-order chi connectivity index (χ0) is 19.0. The molecule has 0 unspecified atom stereocenters. The van der Waals surface area contributed by atoms with Crippen LogP contribution in [0.1, 0.15) is 20.9 Å². The minimum absolute atomic E-state index is 0.0682. The van der Waals surface area contributed by atoms with Gasteiger partial charge in [0.2, 0.25) is 0 Å². The maximum absolute atomic E-state index is 12.7. The van der Waals surface area contributed by atoms with Crippen molar-refractivity contribution in [2.24, 2.45) is 0 Å². The number of nitrogens with one attached hydrogen (secondary N) is 1. The smallest absolute Gasteiger partial charge is 0.265 e. The van der Waals surface area contributed by atoms with Crippen LogP contribution in [0, 0.1) is 6.92 Å². The molecule has 0 saturated heterocycles. The Bertz CT molecular complexity index is 1150. The van der Waals surface area contributed by atoms with Crippen LogP contribution in [0.25, 0.3) is 15.9 Å². The van der Waals surface area contributed by atoms with Crippen LogP contribution >= 0.6 is 22.9 Å². The number of aliphatic hydroxyl groups excluding tert-OH is 1. The molecular weight excluding hydrogens is 382 g/mol. The summed E-state index contributed by atoms with van der Waals surface area (Å²) in [7, 11) is 0. The Kier molecular flexibility index (Phi) is 4.70. The lowest BCUT2D eigenvalue weighted by Gasteiger charge is -2.05. The van der Waals surface area contributed by atoms with Crippen LogP contribution in [0.15, 0.2) is 54.6 Å². The van der Waals surface area contributed by atoms with Crippen molar-refractivity contribution in [3.8, 4) is 5.69 Å². The first kappa shape index (κ1) is 17.7. The highest BCUT2D eigenvalue weighted by Gasteiger charge is 2.17. The number of fused-ring (bicyclic) bond motifs is 1.